The number of carbonyl (C=O) groups excluding carboxylic acids is 4. The molecule has 10 heteroatoms. The Labute approximate surface area is 194 Å². The average molecular weight is 461 g/mol. The predicted octanol–water partition coefficient (Wildman–Crippen LogP) is 1.00. The molecule has 0 atom stereocenters. The number of carbonyl (C=O) groups is 4. The Kier molecular flexibility index (Phi) is 9.12. The van der Waals surface area contributed by atoms with Gasteiger partial charge in [0.2, 0.25) is 12.3 Å². The van der Waals surface area contributed by atoms with E-state index in [0.717, 1.165) is 11.6 Å². The first-order chi connectivity index (χ1) is 15.6. The molecule has 1 aromatic rings. The Morgan fingerprint density at radius 1 is 1.18 bits per heavy atom. The number of amides is 4. The summed E-state index contributed by atoms with van der Waals surface area (Å²) in [6.45, 7) is 11.0. The first kappa shape index (κ1) is 26.0. The molecule has 0 bridgehead atoms. The Morgan fingerprint density at radius 2 is 1.82 bits per heavy atom. The van der Waals surface area contributed by atoms with Gasteiger partial charge in [0.05, 0.1) is 13.1 Å². The van der Waals surface area contributed by atoms with Crippen molar-refractivity contribution in [3.63, 3.8) is 0 Å². The second kappa shape index (κ2) is 11.6. The van der Waals surface area contributed by atoms with Gasteiger partial charge in [0.1, 0.15) is 26.2 Å². The zero-order valence-electron chi connectivity index (χ0n) is 19.6. The molecule has 0 radical (unpaired) electrons. The van der Waals surface area contributed by atoms with Crippen molar-refractivity contribution in [2.24, 2.45) is 0 Å². The van der Waals surface area contributed by atoms with Crippen LogP contribution in [0.25, 0.3) is 0 Å². The van der Waals surface area contributed by atoms with Crippen molar-refractivity contribution in [2.45, 2.75) is 32.9 Å². The number of rotatable bonds is 8. The van der Waals surface area contributed by atoms with Gasteiger partial charge in [0.15, 0.2) is 6.73 Å². The summed E-state index contributed by atoms with van der Waals surface area (Å²) < 4.78 is 4.94. The lowest BCUT2D eigenvalue weighted by atomic mass is 10.0. The van der Waals surface area contributed by atoms with E-state index in [-0.39, 0.29) is 35.9 Å². The average Bonchev–Trinajstić information content (AvgIpc) is 2.80. The minimum absolute atomic E-state index is 0.102. The van der Waals surface area contributed by atoms with Crippen LogP contribution in [-0.2, 0) is 25.7 Å². The van der Waals surface area contributed by atoms with Crippen LogP contribution in [0, 0.1) is 0 Å². The van der Waals surface area contributed by atoms with Gasteiger partial charge in [-0.05, 0) is 32.4 Å². The van der Waals surface area contributed by atoms with Crippen molar-refractivity contribution < 1.29 is 28.5 Å². The molecule has 1 saturated heterocycles. The summed E-state index contributed by atoms with van der Waals surface area (Å²) in [7, 11) is 0. The van der Waals surface area contributed by atoms with Crippen LogP contribution in [0.1, 0.15) is 26.3 Å². The van der Waals surface area contributed by atoms with Crippen LogP contribution in [0.2, 0.25) is 0 Å². The fraction of sp³-hybridized carbons (Fsp3) is 0.478. The van der Waals surface area contributed by atoms with E-state index < -0.39 is 12.0 Å². The Bertz CT molecular complexity index is 845. The van der Waals surface area contributed by atoms with E-state index in [4.69, 9.17) is 4.74 Å². The topological polar surface area (TPSA) is 108 Å². The fourth-order valence-corrected chi connectivity index (χ4v) is 3.80. The second-order valence-electron chi connectivity index (χ2n) is 8.76. The van der Waals surface area contributed by atoms with E-state index in [1.165, 1.54) is 5.01 Å². The molecule has 33 heavy (non-hydrogen) atoms. The van der Waals surface area contributed by atoms with Gasteiger partial charge in [-0.2, -0.15) is 0 Å². The van der Waals surface area contributed by atoms with Gasteiger partial charge < -0.3 is 15.4 Å². The van der Waals surface area contributed by atoms with E-state index in [9.17, 15) is 19.2 Å². The largest absolute Gasteiger partial charge is 0.457 e. The monoisotopic (exact) mass is 460 g/mol. The highest BCUT2D eigenvalue weighted by atomic mass is 16.6. The summed E-state index contributed by atoms with van der Waals surface area (Å²) >= 11 is 0. The third kappa shape index (κ3) is 6.87. The number of piperazine rings is 1. The predicted molar refractivity (Wildman–Crippen MR) is 122 cm³/mol. The Balaban J connectivity index is 2.41. The van der Waals surface area contributed by atoms with Crippen molar-refractivity contribution in [3.05, 3.63) is 48.6 Å². The zero-order chi connectivity index (χ0) is 24.5. The molecular weight excluding hydrogens is 426 g/mol. The molecule has 0 spiro atoms. The van der Waals surface area contributed by atoms with Crippen molar-refractivity contribution in [1.29, 1.82) is 0 Å². The van der Waals surface area contributed by atoms with Crippen LogP contribution < -0.4 is 10.6 Å². The summed E-state index contributed by atoms with van der Waals surface area (Å²) in [5, 5.41) is 6.21. The van der Waals surface area contributed by atoms with Gasteiger partial charge in [-0.15, -0.1) is 9.60 Å². The highest BCUT2D eigenvalue weighted by Crippen LogP contribution is 2.26. The van der Waals surface area contributed by atoms with Gasteiger partial charge in [-0.25, -0.2) is 9.59 Å². The molecule has 10 nitrogen and oxygen atoms in total. The highest BCUT2D eigenvalue weighted by Gasteiger charge is 2.50. The summed E-state index contributed by atoms with van der Waals surface area (Å²) in [5.74, 6) is -0.808. The molecule has 2 rings (SSSR count). The highest BCUT2D eigenvalue weighted by molar-refractivity contribution is 5.89. The minimum atomic E-state index is -0.735. The molecule has 180 valence electrons. The summed E-state index contributed by atoms with van der Waals surface area (Å²) in [4.78, 5) is 51.3. The van der Waals surface area contributed by atoms with Gasteiger partial charge in [-0.3, -0.25) is 14.5 Å². The van der Waals surface area contributed by atoms with Gasteiger partial charge in [0, 0.05) is 5.54 Å². The smallest absolute Gasteiger partial charge is 0.425 e. The maximum absolute atomic E-state index is 13.5. The van der Waals surface area contributed by atoms with E-state index in [1.807, 2.05) is 30.3 Å². The Hall–Kier alpha value is -3.24. The van der Waals surface area contributed by atoms with Crippen molar-refractivity contribution in [1.82, 2.24) is 20.5 Å². The number of benzene rings is 1. The Morgan fingerprint density at radius 3 is 2.36 bits per heavy atom. The molecule has 4 amide bonds. The first-order valence-electron chi connectivity index (χ1n) is 10.9. The first-order valence-corrected chi connectivity index (χ1v) is 10.9. The lowest BCUT2D eigenvalue weighted by Gasteiger charge is -2.49. The number of nitrogens with zero attached hydrogens (tertiary/aromatic N) is 3. The van der Waals surface area contributed by atoms with Gasteiger partial charge >= 0.3 is 12.0 Å². The van der Waals surface area contributed by atoms with Crippen LogP contribution >= 0.6 is 0 Å². The number of hydrogen-bond acceptors (Lipinski definition) is 6. The van der Waals surface area contributed by atoms with E-state index >= 15 is 0 Å². The van der Waals surface area contributed by atoms with Crippen LogP contribution in [0.4, 0.5) is 4.79 Å². The normalized spacial score (nSPS) is 15.7. The van der Waals surface area contributed by atoms with Gasteiger partial charge in [-0.1, -0.05) is 36.9 Å². The summed E-state index contributed by atoms with van der Waals surface area (Å²) in [5.41, 5.74) is 0.714. The van der Waals surface area contributed by atoms with E-state index in [1.54, 1.807) is 0 Å². The van der Waals surface area contributed by atoms with Crippen molar-refractivity contribution in [2.75, 3.05) is 39.5 Å². The van der Waals surface area contributed by atoms with Crippen LogP contribution in [0.15, 0.2) is 43.0 Å². The second-order valence-corrected chi connectivity index (χ2v) is 8.76. The molecule has 0 saturated carbocycles. The standard InChI is InChI=1S/C23H33N5O5/c1-5-20(30)25-15-21(31)28(13-11-26(12-14-28)23(2,3)4)27(22(32)33-18-24-17-29)16-19-9-7-6-8-10-19/h5-10,17H,1,11-16,18H2,2-4H3,(H-,24,25,29,30)/p+1. The summed E-state index contributed by atoms with van der Waals surface area (Å²) in [6, 6.07) is 9.27. The third-order valence-electron chi connectivity index (χ3n) is 5.70. The number of nitrogens with one attached hydrogen (secondary N) is 2. The maximum Gasteiger partial charge on any atom is 0.457 e. The number of quaternary nitrogens is 1. The minimum Gasteiger partial charge on any atom is -0.425 e. The SMILES string of the molecule is C=CC(=O)NCC(=O)[N+]1(N(Cc2ccccc2)C(=O)OCNC=O)CCN(C(C)(C)C)CC1. The van der Waals surface area contributed by atoms with E-state index in [0.29, 0.717) is 32.6 Å². The summed E-state index contributed by atoms with van der Waals surface area (Å²) in [6.07, 6.45) is 0.786. The molecule has 1 heterocycles. The molecule has 1 aliphatic rings. The van der Waals surface area contributed by atoms with Crippen molar-refractivity contribution in [3.8, 4) is 0 Å². The molecule has 0 unspecified atom stereocenters. The molecule has 1 fully saturated rings. The lowest BCUT2D eigenvalue weighted by Crippen LogP contribution is -2.73. The lowest BCUT2D eigenvalue weighted by molar-refractivity contribution is -0.962. The molecular formula is C23H34N5O5+. The molecule has 2 N–H and O–H groups in total. The molecule has 1 aromatic carbocycles. The van der Waals surface area contributed by atoms with Crippen LogP contribution in [0.5, 0.6) is 0 Å². The van der Waals surface area contributed by atoms with Crippen LogP contribution in [0.3, 0.4) is 0 Å². The molecule has 0 aromatic heterocycles. The van der Waals surface area contributed by atoms with Crippen LogP contribution in [-0.4, -0.2) is 83.8 Å². The zero-order valence-corrected chi connectivity index (χ0v) is 19.6. The van der Waals surface area contributed by atoms with E-state index in [2.05, 4.69) is 42.9 Å². The maximum atomic E-state index is 13.5. The molecule has 0 aliphatic carbocycles. The number of hydrogen-bond donors (Lipinski definition) is 2. The fourth-order valence-electron chi connectivity index (χ4n) is 3.80. The van der Waals surface area contributed by atoms with Gasteiger partial charge in [0.25, 0.3) is 0 Å². The molecule has 1 aliphatic heterocycles. The van der Waals surface area contributed by atoms with Crippen molar-refractivity contribution >= 4 is 24.3 Å². The quantitative estimate of drug-likeness (QED) is 0.197. The number of ether oxygens (including phenoxy) is 1. The third-order valence-corrected chi connectivity index (χ3v) is 5.70.